The number of hydrogen-bond donors (Lipinski definition) is 1. The van der Waals surface area contributed by atoms with Crippen LogP contribution < -0.4 is 5.32 Å². The lowest BCUT2D eigenvalue weighted by molar-refractivity contribution is -0.113. The van der Waals surface area contributed by atoms with Crippen LogP contribution in [0.4, 0.5) is 5.69 Å². The number of amides is 1. The Labute approximate surface area is 193 Å². The molecule has 0 unspecified atom stereocenters. The van der Waals surface area contributed by atoms with E-state index in [-0.39, 0.29) is 11.7 Å². The fraction of sp³-hybridized carbons (Fsp3) is 0.423. The summed E-state index contributed by atoms with van der Waals surface area (Å²) < 4.78 is 1.73. The molecule has 164 valence electrons. The standard InChI is InChI=1S/C26H28N4OS/c31-24(16-32-25-27-17-30(29-25)23-4-2-1-3-5-23)28-22-8-6-21(7-9-22)26-13-18-10-19(14-26)12-20(11-18)15-26/h1-9,17-20H,10-16H2,(H,28,31). The zero-order valence-corrected chi connectivity index (χ0v) is 18.9. The zero-order chi connectivity index (χ0) is 21.5. The highest BCUT2D eigenvalue weighted by molar-refractivity contribution is 7.99. The third kappa shape index (κ3) is 3.85. The average Bonchev–Trinajstić information content (AvgIpc) is 3.27. The molecule has 4 saturated carbocycles. The SMILES string of the molecule is O=C(CSc1ncn(-c2ccccc2)n1)Nc1ccc(C23CC4CC(CC(C4)C2)C3)cc1. The smallest absolute Gasteiger partial charge is 0.234 e. The van der Waals surface area contributed by atoms with Crippen molar-refractivity contribution in [1.29, 1.82) is 0 Å². The van der Waals surface area contributed by atoms with E-state index in [4.69, 9.17) is 0 Å². The maximum absolute atomic E-state index is 12.5. The summed E-state index contributed by atoms with van der Waals surface area (Å²) in [7, 11) is 0. The third-order valence-corrected chi connectivity index (χ3v) is 8.49. The van der Waals surface area contributed by atoms with Crippen LogP contribution in [0, 0.1) is 17.8 Å². The molecule has 0 spiro atoms. The van der Waals surface area contributed by atoms with Crippen LogP contribution in [-0.4, -0.2) is 26.4 Å². The van der Waals surface area contributed by atoms with Gasteiger partial charge in [-0.15, -0.1) is 5.10 Å². The Kier molecular flexibility index (Phi) is 5.05. The average molecular weight is 445 g/mol. The van der Waals surface area contributed by atoms with Gasteiger partial charge in [0.1, 0.15) is 6.33 Å². The summed E-state index contributed by atoms with van der Waals surface area (Å²) in [6.45, 7) is 0. The van der Waals surface area contributed by atoms with Gasteiger partial charge in [0.25, 0.3) is 0 Å². The maximum atomic E-state index is 12.5. The van der Waals surface area contributed by atoms with Crippen LogP contribution in [0.3, 0.4) is 0 Å². The van der Waals surface area contributed by atoms with E-state index < -0.39 is 0 Å². The van der Waals surface area contributed by atoms with Gasteiger partial charge in [0, 0.05) is 5.69 Å². The number of nitrogens with zero attached hydrogens (tertiary/aromatic N) is 3. The lowest BCUT2D eigenvalue weighted by Gasteiger charge is -2.57. The Hall–Kier alpha value is -2.60. The van der Waals surface area contributed by atoms with E-state index in [1.165, 1.54) is 55.9 Å². The number of nitrogens with one attached hydrogen (secondary N) is 1. The number of para-hydroxylation sites is 1. The van der Waals surface area contributed by atoms with E-state index in [0.717, 1.165) is 29.1 Å². The lowest BCUT2D eigenvalue weighted by Crippen LogP contribution is -2.48. The van der Waals surface area contributed by atoms with E-state index in [0.29, 0.717) is 10.6 Å². The van der Waals surface area contributed by atoms with E-state index in [9.17, 15) is 4.79 Å². The van der Waals surface area contributed by atoms with Crippen molar-refractivity contribution in [3.05, 3.63) is 66.5 Å². The first-order chi connectivity index (χ1) is 15.6. The number of hydrogen-bond acceptors (Lipinski definition) is 4. The molecule has 4 aliphatic carbocycles. The van der Waals surface area contributed by atoms with Crippen molar-refractivity contribution in [3.8, 4) is 5.69 Å². The fourth-order valence-corrected chi connectivity index (χ4v) is 7.32. The summed E-state index contributed by atoms with van der Waals surface area (Å²) in [6, 6.07) is 18.5. The normalized spacial score (nSPS) is 28.1. The Morgan fingerprint density at radius 1 is 0.969 bits per heavy atom. The molecular formula is C26H28N4OS. The molecule has 32 heavy (non-hydrogen) atoms. The third-order valence-electron chi connectivity index (χ3n) is 7.64. The van der Waals surface area contributed by atoms with E-state index >= 15 is 0 Å². The van der Waals surface area contributed by atoms with Gasteiger partial charge in [-0.3, -0.25) is 4.79 Å². The van der Waals surface area contributed by atoms with Crippen molar-refractivity contribution in [3.63, 3.8) is 0 Å². The van der Waals surface area contributed by atoms with Crippen LogP contribution in [0.15, 0.2) is 66.1 Å². The number of carbonyl (C=O) groups excluding carboxylic acids is 1. The van der Waals surface area contributed by atoms with Gasteiger partial charge in [0.2, 0.25) is 11.1 Å². The van der Waals surface area contributed by atoms with Gasteiger partial charge in [0.05, 0.1) is 11.4 Å². The van der Waals surface area contributed by atoms with Crippen LogP contribution in [0.1, 0.15) is 44.1 Å². The summed E-state index contributed by atoms with van der Waals surface area (Å²) >= 11 is 1.35. The lowest BCUT2D eigenvalue weighted by atomic mass is 9.48. The molecule has 6 heteroatoms. The Balaban J connectivity index is 1.06. The maximum Gasteiger partial charge on any atom is 0.234 e. The molecule has 3 aromatic rings. The summed E-state index contributed by atoms with van der Waals surface area (Å²) in [4.78, 5) is 16.8. The Morgan fingerprint density at radius 2 is 1.62 bits per heavy atom. The molecule has 7 rings (SSSR count). The van der Waals surface area contributed by atoms with E-state index in [2.05, 4.69) is 39.7 Å². The summed E-state index contributed by atoms with van der Waals surface area (Å²) in [6.07, 6.45) is 10.2. The number of carbonyl (C=O) groups is 1. The largest absolute Gasteiger partial charge is 0.325 e. The van der Waals surface area contributed by atoms with Crippen LogP contribution in [-0.2, 0) is 10.2 Å². The molecule has 0 atom stereocenters. The number of thioether (sulfide) groups is 1. The first kappa shape index (κ1) is 20.0. The van der Waals surface area contributed by atoms with E-state index in [1.54, 1.807) is 11.0 Å². The molecule has 5 nitrogen and oxygen atoms in total. The van der Waals surface area contributed by atoms with Crippen molar-refractivity contribution in [2.75, 3.05) is 11.1 Å². The molecule has 1 amide bonds. The highest BCUT2D eigenvalue weighted by atomic mass is 32.2. The highest BCUT2D eigenvalue weighted by Crippen LogP contribution is 2.60. The molecule has 4 bridgehead atoms. The second-order valence-electron chi connectivity index (χ2n) is 9.92. The Morgan fingerprint density at radius 3 is 2.28 bits per heavy atom. The molecule has 0 saturated heterocycles. The number of aromatic nitrogens is 3. The first-order valence-corrected chi connectivity index (χ1v) is 12.6. The summed E-state index contributed by atoms with van der Waals surface area (Å²) in [5.74, 6) is 3.08. The zero-order valence-electron chi connectivity index (χ0n) is 18.1. The molecule has 1 N–H and O–H groups in total. The van der Waals surface area contributed by atoms with E-state index in [1.807, 2.05) is 30.3 Å². The molecule has 1 aromatic heterocycles. The molecular weight excluding hydrogens is 416 g/mol. The molecule has 4 aliphatic rings. The predicted octanol–water partition coefficient (Wildman–Crippen LogP) is 5.47. The molecule has 1 heterocycles. The van der Waals surface area contributed by atoms with Crippen LogP contribution >= 0.6 is 11.8 Å². The van der Waals surface area contributed by atoms with Gasteiger partial charge in [-0.2, -0.15) is 0 Å². The predicted molar refractivity (Wildman–Crippen MR) is 127 cm³/mol. The Bertz CT molecular complexity index is 1070. The van der Waals surface area contributed by atoms with Crippen molar-refractivity contribution in [1.82, 2.24) is 14.8 Å². The van der Waals surface area contributed by atoms with Gasteiger partial charge in [-0.05, 0) is 91.5 Å². The highest BCUT2D eigenvalue weighted by Gasteiger charge is 2.51. The second kappa shape index (κ2) is 8.07. The van der Waals surface area contributed by atoms with Crippen LogP contribution in [0.5, 0.6) is 0 Å². The first-order valence-electron chi connectivity index (χ1n) is 11.7. The minimum absolute atomic E-state index is 0.0337. The van der Waals surface area contributed by atoms with Crippen LogP contribution in [0.25, 0.3) is 5.69 Å². The van der Waals surface area contributed by atoms with Gasteiger partial charge in [-0.1, -0.05) is 42.1 Å². The van der Waals surface area contributed by atoms with Crippen LogP contribution in [0.2, 0.25) is 0 Å². The quantitative estimate of drug-likeness (QED) is 0.513. The van der Waals surface area contributed by atoms with Crippen molar-refractivity contribution in [2.24, 2.45) is 17.8 Å². The monoisotopic (exact) mass is 444 g/mol. The summed E-state index contributed by atoms with van der Waals surface area (Å²) in [5.41, 5.74) is 3.71. The van der Waals surface area contributed by atoms with Crippen molar-refractivity contribution in [2.45, 2.75) is 49.1 Å². The molecule has 4 fully saturated rings. The minimum Gasteiger partial charge on any atom is -0.325 e. The molecule has 0 aliphatic heterocycles. The van der Waals surface area contributed by atoms with Gasteiger partial charge >= 0.3 is 0 Å². The minimum atomic E-state index is -0.0337. The van der Waals surface area contributed by atoms with Crippen molar-refractivity contribution >= 4 is 23.4 Å². The number of rotatable bonds is 6. The fourth-order valence-electron chi connectivity index (χ4n) is 6.72. The van der Waals surface area contributed by atoms with Gasteiger partial charge in [0.15, 0.2) is 0 Å². The second-order valence-corrected chi connectivity index (χ2v) is 10.9. The molecule has 2 aromatic carbocycles. The van der Waals surface area contributed by atoms with Crippen molar-refractivity contribution < 1.29 is 4.79 Å². The number of anilines is 1. The summed E-state index contributed by atoms with van der Waals surface area (Å²) in [5, 5.41) is 8.08. The van der Waals surface area contributed by atoms with Gasteiger partial charge < -0.3 is 5.32 Å². The number of benzene rings is 2. The van der Waals surface area contributed by atoms with Gasteiger partial charge in [-0.25, -0.2) is 9.67 Å². The molecule has 0 radical (unpaired) electrons. The topological polar surface area (TPSA) is 59.8 Å².